The standard InChI is InChI=1S/C18H22BrNO/c1-4-20-14(3)16-10-9-13(2)11-18(16)21-12-15-7-5-6-8-17(15)19/h5-11,14,20H,4,12H2,1-3H3. The minimum atomic E-state index is 0.282. The van der Waals surface area contributed by atoms with Crippen LogP contribution in [0, 0.1) is 6.92 Å². The predicted octanol–water partition coefficient (Wildman–Crippen LogP) is 5.01. The van der Waals surface area contributed by atoms with Gasteiger partial charge in [-0.15, -0.1) is 0 Å². The van der Waals surface area contributed by atoms with E-state index in [1.165, 1.54) is 11.1 Å². The van der Waals surface area contributed by atoms with Gasteiger partial charge in [-0.1, -0.05) is 53.2 Å². The Hall–Kier alpha value is -1.32. The zero-order chi connectivity index (χ0) is 15.2. The molecule has 0 spiro atoms. The van der Waals surface area contributed by atoms with Crippen molar-refractivity contribution < 1.29 is 4.74 Å². The van der Waals surface area contributed by atoms with E-state index in [0.717, 1.165) is 22.3 Å². The van der Waals surface area contributed by atoms with E-state index in [4.69, 9.17) is 4.74 Å². The average molecular weight is 348 g/mol. The van der Waals surface area contributed by atoms with Gasteiger partial charge in [-0.2, -0.15) is 0 Å². The first-order valence-corrected chi connectivity index (χ1v) is 8.11. The second-order valence-electron chi connectivity index (χ2n) is 5.20. The van der Waals surface area contributed by atoms with Crippen LogP contribution in [0.4, 0.5) is 0 Å². The van der Waals surface area contributed by atoms with Crippen LogP contribution in [0.25, 0.3) is 0 Å². The smallest absolute Gasteiger partial charge is 0.124 e. The normalized spacial score (nSPS) is 12.2. The van der Waals surface area contributed by atoms with E-state index in [9.17, 15) is 0 Å². The largest absolute Gasteiger partial charge is 0.489 e. The highest BCUT2D eigenvalue weighted by atomic mass is 79.9. The molecule has 21 heavy (non-hydrogen) atoms. The summed E-state index contributed by atoms with van der Waals surface area (Å²) in [6.07, 6.45) is 0. The molecule has 0 amide bonds. The molecule has 1 N–H and O–H groups in total. The molecule has 0 aromatic heterocycles. The van der Waals surface area contributed by atoms with Crippen LogP contribution < -0.4 is 10.1 Å². The van der Waals surface area contributed by atoms with E-state index in [0.29, 0.717) is 6.61 Å². The molecule has 0 saturated heterocycles. The van der Waals surface area contributed by atoms with Crippen molar-refractivity contribution in [1.82, 2.24) is 5.32 Å². The van der Waals surface area contributed by atoms with Crippen LogP contribution >= 0.6 is 15.9 Å². The maximum Gasteiger partial charge on any atom is 0.124 e. The third-order valence-corrected chi connectivity index (χ3v) is 4.26. The third kappa shape index (κ3) is 4.32. The van der Waals surface area contributed by atoms with Crippen LogP contribution in [-0.2, 0) is 6.61 Å². The maximum atomic E-state index is 6.08. The molecule has 2 aromatic carbocycles. The fourth-order valence-corrected chi connectivity index (χ4v) is 2.71. The highest BCUT2D eigenvalue weighted by Crippen LogP contribution is 2.28. The van der Waals surface area contributed by atoms with E-state index in [2.05, 4.69) is 66.3 Å². The molecule has 0 bridgehead atoms. The Kier molecular flexibility index (Phi) is 5.83. The van der Waals surface area contributed by atoms with Crippen LogP contribution in [-0.4, -0.2) is 6.54 Å². The number of ether oxygens (including phenoxy) is 1. The number of benzene rings is 2. The Morgan fingerprint density at radius 2 is 1.95 bits per heavy atom. The van der Waals surface area contributed by atoms with Gasteiger partial charge in [-0.3, -0.25) is 0 Å². The van der Waals surface area contributed by atoms with Gasteiger partial charge in [0.25, 0.3) is 0 Å². The van der Waals surface area contributed by atoms with Crippen molar-refractivity contribution in [3.05, 3.63) is 63.6 Å². The summed E-state index contributed by atoms with van der Waals surface area (Å²) in [6, 6.07) is 14.8. The Bertz CT molecular complexity index is 598. The summed E-state index contributed by atoms with van der Waals surface area (Å²) in [5, 5.41) is 3.44. The van der Waals surface area contributed by atoms with Crippen LogP contribution in [0.2, 0.25) is 0 Å². The summed E-state index contributed by atoms with van der Waals surface area (Å²) < 4.78 is 7.16. The van der Waals surface area contributed by atoms with Gasteiger partial charge >= 0.3 is 0 Å². The van der Waals surface area contributed by atoms with Gasteiger partial charge in [0, 0.05) is 21.6 Å². The lowest BCUT2D eigenvalue weighted by atomic mass is 10.0. The molecule has 0 radical (unpaired) electrons. The highest BCUT2D eigenvalue weighted by molar-refractivity contribution is 9.10. The van der Waals surface area contributed by atoms with E-state index < -0.39 is 0 Å². The summed E-state index contributed by atoms with van der Waals surface area (Å²) in [5.41, 5.74) is 3.57. The molecule has 1 unspecified atom stereocenters. The zero-order valence-electron chi connectivity index (χ0n) is 12.8. The summed E-state index contributed by atoms with van der Waals surface area (Å²) in [6.45, 7) is 7.88. The predicted molar refractivity (Wildman–Crippen MR) is 91.7 cm³/mol. The van der Waals surface area contributed by atoms with Crippen molar-refractivity contribution in [1.29, 1.82) is 0 Å². The second kappa shape index (κ2) is 7.62. The van der Waals surface area contributed by atoms with E-state index >= 15 is 0 Å². The molecule has 2 nitrogen and oxygen atoms in total. The molecule has 0 saturated carbocycles. The van der Waals surface area contributed by atoms with Gasteiger partial charge < -0.3 is 10.1 Å². The molecular weight excluding hydrogens is 326 g/mol. The van der Waals surface area contributed by atoms with Gasteiger partial charge in [-0.05, 0) is 38.1 Å². The van der Waals surface area contributed by atoms with Crippen molar-refractivity contribution in [2.75, 3.05) is 6.54 Å². The van der Waals surface area contributed by atoms with Gasteiger partial charge in [0.05, 0.1) is 0 Å². The monoisotopic (exact) mass is 347 g/mol. The zero-order valence-corrected chi connectivity index (χ0v) is 14.4. The molecule has 0 heterocycles. The minimum Gasteiger partial charge on any atom is -0.489 e. The second-order valence-corrected chi connectivity index (χ2v) is 6.06. The Morgan fingerprint density at radius 1 is 1.19 bits per heavy atom. The molecule has 2 rings (SSSR count). The summed E-state index contributed by atoms with van der Waals surface area (Å²) in [4.78, 5) is 0. The average Bonchev–Trinajstić information content (AvgIpc) is 2.46. The van der Waals surface area contributed by atoms with Crippen molar-refractivity contribution in [3.63, 3.8) is 0 Å². The first kappa shape index (κ1) is 16.1. The highest BCUT2D eigenvalue weighted by Gasteiger charge is 2.11. The first-order valence-electron chi connectivity index (χ1n) is 7.32. The molecule has 0 aliphatic heterocycles. The number of nitrogens with one attached hydrogen (secondary N) is 1. The molecule has 2 aromatic rings. The molecule has 3 heteroatoms. The lowest BCUT2D eigenvalue weighted by Gasteiger charge is -2.18. The molecule has 1 atom stereocenters. The number of rotatable bonds is 6. The van der Waals surface area contributed by atoms with Crippen LogP contribution in [0.15, 0.2) is 46.9 Å². The third-order valence-electron chi connectivity index (χ3n) is 3.49. The Labute approximate surface area is 135 Å². The molecule has 0 fully saturated rings. The van der Waals surface area contributed by atoms with Crippen molar-refractivity contribution in [3.8, 4) is 5.75 Å². The van der Waals surface area contributed by atoms with E-state index in [-0.39, 0.29) is 6.04 Å². The number of aryl methyl sites for hydroxylation is 1. The van der Waals surface area contributed by atoms with Crippen LogP contribution in [0.5, 0.6) is 5.75 Å². The van der Waals surface area contributed by atoms with Crippen LogP contribution in [0.1, 0.15) is 36.6 Å². The first-order chi connectivity index (χ1) is 10.1. The Morgan fingerprint density at radius 3 is 2.67 bits per heavy atom. The van der Waals surface area contributed by atoms with Crippen LogP contribution in [0.3, 0.4) is 0 Å². The molecular formula is C18H22BrNO. The van der Waals surface area contributed by atoms with E-state index in [1.807, 2.05) is 18.2 Å². The minimum absolute atomic E-state index is 0.282. The summed E-state index contributed by atoms with van der Waals surface area (Å²) in [5.74, 6) is 0.958. The van der Waals surface area contributed by atoms with Gasteiger partial charge in [-0.25, -0.2) is 0 Å². The topological polar surface area (TPSA) is 21.3 Å². The molecule has 0 aliphatic carbocycles. The SMILES string of the molecule is CCNC(C)c1ccc(C)cc1OCc1ccccc1Br. The van der Waals surface area contributed by atoms with Gasteiger partial charge in [0.1, 0.15) is 12.4 Å². The molecule has 112 valence electrons. The Balaban J connectivity index is 2.18. The molecule has 0 aliphatic rings. The lowest BCUT2D eigenvalue weighted by Crippen LogP contribution is -2.18. The van der Waals surface area contributed by atoms with E-state index in [1.54, 1.807) is 0 Å². The summed E-state index contributed by atoms with van der Waals surface area (Å²) in [7, 11) is 0. The number of halogens is 1. The van der Waals surface area contributed by atoms with Crippen molar-refractivity contribution in [2.45, 2.75) is 33.4 Å². The van der Waals surface area contributed by atoms with Gasteiger partial charge in [0.2, 0.25) is 0 Å². The quantitative estimate of drug-likeness (QED) is 0.793. The summed E-state index contributed by atoms with van der Waals surface area (Å²) >= 11 is 3.56. The lowest BCUT2D eigenvalue weighted by molar-refractivity contribution is 0.299. The van der Waals surface area contributed by atoms with Crippen molar-refractivity contribution >= 4 is 15.9 Å². The number of hydrogen-bond acceptors (Lipinski definition) is 2. The maximum absolute atomic E-state index is 6.08. The fraction of sp³-hybridized carbons (Fsp3) is 0.333. The fourth-order valence-electron chi connectivity index (χ4n) is 2.31. The van der Waals surface area contributed by atoms with Gasteiger partial charge in [0.15, 0.2) is 0 Å². The van der Waals surface area contributed by atoms with Crippen molar-refractivity contribution in [2.24, 2.45) is 0 Å². The number of hydrogen-bond donors (Lipinski definition) is 1.